The molecule has 0 fully saturated rings. The Morgan fingerprint density at radius 3 is 2.58 bits per heavy atom. The molecule has 0 radical (unpaired) electrons. The summed E-state index contributed by atoms with van der Waals surface area (Å²) < 4.78 is 30.0. The minimum atomic E-state index is -0.916. The maximum Gasteiger partial charge on any atom is 0.184 e. The lowest BCUT2D eigenvalue weighted by molar-refractivity contribution is 0.514. The highest BCUT2D eigenvalue weighted by Gasteiger charge is 2.15. The van der Waals surface area contributed by atoms with E-state index in [1.807, 2.05) is 12.1 Å². The van der Waals surface area contributed by atoms with Gasteiger partial charge < -0.3 is 4.98 Å². The molecule has 0 unspecified atom stereocenters. The minimum absolute atomic E-state index is 0.108. The van der Waals surface area contributed by atoms with Crippen LogP contribution in [0.3, 0.4) is 0 Å². The maximum atomic E-state index is 14.0. The number of H-pyrrole nitrogens is 1. The second-order valence-corrected chi connectivity index (χ2v) is 5.22. The van der Waals surface area contributed by atoms with Crippen molar-refractivity contribution in [1.29, 1.82) is 0 Å². The standard InChI is InChI=1S/C13H7BrF2N2S/c14-7-3-1-2-4-10(7)18-12-9(17-13(18)19)6-5-8(15)11(12)16/h1-6H,(H,17,19). The highest BCUT2D eigenvalue weighted by atomic mass is 79.9. The fourth-order valence-electron chi connectivity index (χ4n) is 1.99. The van der Waals surface area contributed by atoms with Crippen molar-refractivity contribution in [2.75, 3.05) is 0 Å². The van der Waals surface area contributed by atoms with E-state index in [-0.39, 0.29) is 5.52 Å². The number of hydrogen-bond acceptors (Lipinski definition) is 1. The second kappa shape index (κ2) is 4.54. The van der Waals surface area contributed by atoms with Gasteiger partial charge in [-0.05, 0) is 52.4 Å². The van der Waals surface area contributed by atoms with Crippen LogP contribution in [0.1, 0.15) is 0 Å². The molecular formula is C13H7BrF2N2S. The smallest absolute Gasteiger partial charge is 0.184 e. The van der Waals surface area contributed by atoms with Gasteiger partial charge in [0, 0.05) is 4.47 Å². The van der Waals surface area contributed by atoms with Crippen molar-refractivity contribution in [3.05, 3.63) is 57.3 Å². The molecule has 1 N–H and O–H groups in total. The number of imidazole rings is 1. The third-order valence-corrected chi connectivity index (χ3v) is 3.79. The van der Waals surface area contributed by atoms with Crippen molar-refractivity contribution >= 4 is 39.2 Å². The van der Waals surface area contributed by atoms with E-state index in [0.717, 1.165) is 10.5 Å². The normalized spacial score (nSPS) is 11.1. The van der Waals surface area contributed by atoms with Crippen LogP contribution in [0, 0.1) is 16.4 Å². The summed E-state index contributed by atoms with van der Waals surface area (Å²) in [7, 11) is 0. The maximum absolute atomic E-state index is 14.0. The lowest BCUT2D eigenvalue weighted by Gasteiger charge is -2.07. The molecule has 19 heavy (non-hydrogen) atoms. The van der Waals surface area contributed by atoms with E-state index >= 15 is 0 Å². The van der Waals surface area contributed by atoms with Crippen molar-refractivity contribution in [1.82, 2.24) is 9.55 Å². The van der Waals surface area contributed by atoms with Gasteiger partial charge in [-0.15, -0.1) is 0 Å². The van der Waals surface area contributed by atoms with Gasteiger partial charge in [0.05, 0.1) is 11.2 Å². The van der Waals surface area contributed by atoms with Crippen LogP contribution in [-0.4, -0.2) is 9.55 Å². The van der Waals surface area contributed by atoms with Crippen LogP contribution >= 0.6 is 28.1 Å². The fraction of sp³-hybridized carbons (Fsp3) is 0. The summed E-state index contributed by atoms with van der Waals surface area (Å²) >= 11 is 8.58. The summed E-state index contributed by atoms with van der Waals surface area (Å²) in [6, 6.07) is 9.77. The third kappa shape index (κ3) is 1.91. The molecule has 0 saturated carbocycles. The van der Waals surface area contributed by atoms with Crippen molar-refractivity contribution < 1.29 is 8.78 Å². The largest absolute Gasteiger partial charge is 0.330 e. The molecule has 0 aliphatic carbocycles. The molecule has 1 heterocycles. The number of benzene rings is 2. The Labute approximate surface area is 120 Å². The summed E-state index contributed by atoms with van der Waals surface area (Å²) in [4.78, 5) is 2.87. The first-order valence-corrected chi connectivity index (χ1v) is 6.63. The van der Waals surface area contributed by atoms with E-state index in [0.29, 0.717) is 16.0 Å². The predicted octanol–water partition coefficient (Wildman–Crippen LogP) is 4.73. The molecule has 6 heteroatoms. The average Bonchev–Trinajstić information content (AvgIpc) is 2.72. The molecule has 2 nitrogen and oxygen atoms in total. The Hall–Kier alpha value is -1.53. The lowest BCUT2D eigenvalue weighted by atomic mass is 10.2. The van der Waals surface area contributed by atoms with Crippen molar-refractivity contribution in [3.63, 3.8) is 0 Å². The highest BCUT2D eigenvalue weighted by molar-refractivity contribution is 9.10. The number of hydrogen-bond donors (Lipinski definition) is 1. The van der Waals surface area contributed by atoms with Crippen LogP contribution in [0.15, 0.2) is 40.9 Å². The van der Waals surface area contributed by atoms with E-state index in [4.69, 9.17) is 12.2 Å². The Morgan fingerprint density at radius 1 is 1.11 bits per heavy atom. The number of aromatic amines is 1. The Morgan fingerprint density at radius 2 is 1.84 bits per heavy atom. The zero-order chi connectivity index (χ0) is 13.6. The summed E-state index contributed by atoms with van der Waals surface area (Å²) in [5.41, 5.74) is 1.22. The van der Waals surface area contributed by atoms with Crippen LogP contribution in [-0.2, 0) is 0 Å². The monoisotopic (exact) mass is 340 g/mol. The number of nitrogens with one attached hydrogen (secondary N) is 1. The van der Waals surface area contributed by atoms with Gasteiger partial charge in [0.1, 0.15) is 5.52 Å². The molecule has 3 rings (SSSR count). The molecule has 0 saturated heterocycles. The number of nitrogens with zero attached hydrogens (tertiary/aromatic N) is 1. The molecule has 0 bridgehead atoms. The SMILES string of the molecule is Fc1ccc2[nH]c(=S)n(-c3ccccc3Br)c2c1F. The average molecular weight is 341 g/mol. The van der Waals surface area contributed by atoms with Crippen LogP contribution in [0.5, 0.6) is 0 Å². The first-order chi connectivity index (χ1) is 9.09. The first kappa shape index (κ1) is 12.5. The molecule has 2 aromatic carbocycles. The lowest BCUT2D eigenvalue weighted by Crippen LogP contribution is -1.98. The predicted molar refractivity (Wildman–Crippen MR) is 76.1 cm³/mol. The number of halogens is 3. The van der Waals surface area contributed by atoms with Crippen LogP contribution in [0.25, 0.3) is 16.7 Å². The van der Waals surface area contributed by atoms with Gasteiger partial charge in [-0.1, -0.05) is 12.1 Å². The van der Waals surface area contributed by atoms with Gasteiger partial charge in [0.15, 0.2) is 16.4 Å². The van der Waals surface area contributed by atoms with Crippen LogP contribution in [0.2, 0.25) is 0 Å². The zero-order valence-corrected chi connectivity index (χ0v) is 11.9. The molecule has 0 aliphatic rings. The molecule has 1 aromatic heterocycles. The number of aromatic nitrogens is 2. The molecule has 3 aromatic rings. The summed E-state index contributed by atoms with van der Waals surface area (Å²) in [6.45, 7) is 0. The van der Waals surface area contributed by atoms with Crippen molar-refractivity contribution in [2.45, 2.75) is 0 Å². The van der Waals surface area contributed by atoms with E-state index in [1.165, 1.54) is 10.6 Å². The quantitative estimate of drug-likeness (QED) is 0.635. The topological polar surface area (TPSA) is 20.7 Å². The van der Waals surface area contributed by atoms with Crippen molar-refractivity contribution in [2.24, 2.45) is 0 Å². The zero-order valence-electron chi connectivity index (χ0n) is 9.45. The summed E-state index contributed by atoms with van der Waals surface area (Å²) in [5, 5.41) is 0. The van der Waals surface area contributed by atoms with Gasteiger partial charge in [0.2, 0.25) is 0 Å². The van der Waals surface area contributed by atoms with Crippen LogP contribution < -0.4 is 0 Å². The minimum Gasteiger partial charge on any atom is -0.330 e. The molecule has 0 aliphatic heterocycles. The van der Waals surface area contributed by atoms with E-state index < -0.39 is 11.6 Å². The number of fused-ring (bicyclic) bond motifs is 1. The van der Waals surface area contributed by atoms with E-state index in [9.17, 15) is 8.78 Å². The Bertz CT molecular complexity index is 838. The van der Waals surface area contributed by atoms with Gasteiger partial charge in [-0.3, -0.25) is 4.57 Å². The summed E-state index contributed by atoms with van der Waals surface area (Å²) in [5.74, 6) is -1.82. The third-order valence-electron chi connectivity index (χ3n) is 2.83. The molecule has 96 valence electrons. The van der Waals surface area contributed by atoms with Gasteiger partial charge in [-0.2, -0.15) is 0 Å². The van der Waals surface area contributed by atoms with Crippen LogP contribution in [0.4, 0.5) is 8.78 Å². The van der Waals surface area contributed by atoms with Gasteiger partial charge in [-0.25, -0.2) is 8.78 Å². The van der Waals surface area contributed by atoms with Crippen molar-refractivity contribution in [3.8, 4) is 5.69 Å². The molecule has 0 atom stereocenters. The molecule has 0 amide bonds. The first-order valence-electron chi connectivity index (χ1n) is 5.43. The van der Waals surface area contributed by atoms with Gasteiger partial charge in [0.25, 0.3) is 0 Å². The molecule has 0 spiro atoms. The second-order valence-electron chi connectivity index (χ2n) is 3.97. The molecular weight excluding hydrogens is 334 g/mol. The Kier molecular flexibility index (Phi) is 2.99. The number of para-hydroxylation sites is 1. The van der Waals surface area contributed by atoms with Gasteiger partial charge >= 0.3 is 0 Å². The van der Waals surface area contributed by atoms with E-state index in [1.54, 1.807) is 12.1 Å². The number of rotatable bonds is 1. The Balaban J connectivity index is 2.48. The highest BCUT2D eigenvalue weighted by Crippen LogP contribution is 2.28. The fourth-order valence-corrected chi connectivity index (χ4v) is 2.76. The van der Waals surface area contributed by atoms with E-state index in [2.05, 4.69) is 20.9 Å². The summed E-state index contributed by atoms with van der Waals surface area (Å²) in [6.07, 6.45) is 0.